The first-order valence-electron chi connectivity index (χ1n) is 38.4. The van der Waals surface area contributed by atoms with E-state index < -0.39 is 15.6 Å². The lowest BCUT2D eigenvalue weighted by Gasteiger charge is -2.56. The van der Waals surface area contributed by atoms with E-state index in [0.717, 1.165) is 199 Å². The van der Waals surface area contributed by atoms with Gasteiger partial charge in [-0.3, -0.25) is 14.6 Å². The van der Waals surface area contributed by atoms with E-state index in [1.54, 1.807) is 26.6 Å². The molecule has 111 heavy (non-hydrogen) atoms. The number of hydrogen-bond acceptors (Lipinski definition) is 22. The van der Waals surface area contributed by atoms with Crippen molar-refractivity contribution < 1.29 is 59.0 Å². The summed E-state index contributed by atoms with van der Waals surface area (Å²) >= 11 is 0. The Labute approximate surface area is 642 Å². The normalized spacial score (nSPS) is 23.6. The molecule has 18 heterocycles. The summed E-state index contributed by atoms with van der Waals surface area (Å²) in [6.07, 6.45) is 35.3. The van der Waals surface area contributed by atoms with Crippen molar-refractivity contribution in [2.24, 2.45) is 21.7 Å². The Morgan fingerprint density at radius 1 is 0.514 bits per heavy atom. The van der Waals surface area contributed by atoms with Crippen molar-refractivity contribution in [2.45, 2.75) is 139 Å². The monoisotopic (exact) mass is 1530 g/mol. The molecule has 4 spiro atoms. The highest BCUT2D eigenvalue weighted by Crippen LogP contribution is 2.49. The van der Waals surface area contributed by atoms with Gasteiger partial charge in [0.2, 0.25) is 11.8 Å². The number of carbonyl (C=O) groups is 1. The zero-order valence-corrected chi connectivity index (χ0v) is 63.1. The number of anilines is 2. The van der Waals surface area contributed by atoms with Gasteiger partial charge in [-0.15, -0.1) is 0 Å². The Bertz CT molecular complexity index is 4830. The highest BCUT2D eigenvalue weighted by atomic mass is 32.2. The number of piperidine rings is 2. The van der Waals surface area contributed by atoms with Gasteiger partial charge in [0.25, 0.3) is 0 Å². The number of nitriles is 2. The first-order valence-corrected chi connectivity index (χ1v) is 39.8. The van der Waals surface area contributed by atoms with Gasteiger partial charge in [-0.25, -0.2) is 29.0 Å². The molecule has 0 amide bonds. The third-order valence-electron chi connectivity index (χ3n) is 25.1. The molecule has 11 fully saturated rings. The van der Waals surface area contributed by atoms with Gasteiger partial charge in [-0.2, -0.15) is 42.3 Å². The average Bonchev–Trinajstić information content (AvgIpc) is 1.75. The Morgan fingerprint density at radius 2 is 0.928 bits per heavy atom. The maximum atomic E-state index is 12.1. The van der Waals surface area contributed by atoms with Crippen LogP contribution in [-0.4, -0.2) is 186 Å². The number of halogens is 3. The molecule has 0 radical (unpaired) electrons. The van der Waals surface area contributed by atoms with Crippen LogP contribution in [0.15, 0.2) is 134 Å². The molecule has 10 saturated heterocycles. The summed E-state index contributed by atoms with van der Waals surface area (Å²) in [5.41, 5.74) is 9.97. The number of nitrogens with zero attached hydrogens (tertiary/aromatic N) is 14. The minimum Gasteiger partial charge on any atom is -0.481 e. The fourth-order valence-electron chi connectivity index (χ4n) is 17.9. The van der Waals surface area contributed by atoms with Crippen LogP contribution in [0.3, 0.4) is 0 Å². The molecule has 578 valence electrons. The quantitative estimate of drug-likeness (QED) is 0.0723. The van der Waals surface area contributed by atoms with Crippen molar-refractivity contribution in [3.8, 4) is 46.2 Å². The second-order valence-corrected chi connectivity index (χ2v) is 34.0. The van der Waals surface area contributed by atoms with Gasteiger partial charge in [0.1, 0.15) is 35.3 Å². The number of ketones is 1. The van der Waals surface area contributed by atoms with Crippen LogP contribution in [0.5, 0.6) is 11.8 Å². The van der Waals surface area contributed by atoms with Gasteiger partial charge in [0, 0.05) is 176 Å². The average molecular weight is 1530 g/mol. The highest BCUT2D eigenvalue weighted by molar-refractivity contribution is 7.87. The van der Waals surface area contributed by atoms with E-state index in [1.165, 1.54) is 41.2 Å². The third-order valence-corrected chi connectivity index (χ3v) is 26.1. The SMILES string of the molecule is COc1ccc(CN2C3CC2CN(c2ccc(-c4cc(C5=CCC6(CC5)COC6)cn5ncc(C#N)c45)cn2)C3)cn1.COc1ccc(CN2C3CC2CN(c2ccc(-c4cc(C5=CCC6(CC5)COC6)cn5ncc(C#N)c45)cn2)C3)cn1.O=C1CCC2(CC1)COC2.O=S(=O)(OC1=CCC2(CC1)COC2)C(F)(F)F. The molecule has 4 aliphatic carbocycles. The van der Waals surface area contributed by atoms with E-state index in [-0.39, 0.29) is 17.6 Å². The molecule has 4 unspecified atom stereocenters. The van der Waals surface area contributed by atoms with Crippen LogP contribution in [0.25, 0.3) is 44.4 Å². The molecule has 0 N–H and O–H groups in total. The maximum Gasteiger partial charge on any atom is 0.534 e. The third kappa shape index (κ3) is 15.0. The molecule has 24 nitrogen and oxygen atoms in total. The number of allylic oxidation sites excluding steroid dienone is 6. The number of rotatable bonds is 14. The van der Waals surface area contributed by atoms with Gasteiger partial charge in [-0.05, 0) is 153 Å². The second kappa shape index (κ2) is 30.1. The van der Waals surface area contributed by atoms with Crippen LogP contribution in [0.4, 0.5) is 24.8 Å². The molecular formula is C83H89F3N14O10S. The van der Waals surface area contributed by atoms with Crippen LogP contribution in [-0.2, 0) is 51.1 Å². The number of ether oxygens (including phenoxy) is 6. The van der Waals surface area contributed by atoms with Crippen LogP contribution in [0, 0.1) is 44.3 Å². The summed E-state index contributed by atoms with van der Waals surface area (Å²) in [6, 6.07) is 27.8. The molecule has 28 heteroatoms. The van der Waals surface area contributed by atoms with Gasteiger partial charge >= 0.3 is 15.6 Å². The summed E-state index contributed by atoms with van der Waals surface area (Å²) < 4.78 is 97.1. The zero-order valence-electron chi connectivity index (χ0n) is 62.3. The number of pyridine rings is 6. The van der Waals surface area contributed by atoms with Gasteiger partial charge < -0.3 is 42.4 Å². The van der Waals surface area contributed by atoms with E-state index >= 15 is 0 Å². The number of piperazine rings is 2. The predicted octanol–water partition coefficient (Wildman–Crippen LogP) is 12.5. The van der Waals surface area contributed by atoms with Crippen LogP contribution < -0.4 is 19.3 Å². The van der Waals surface area contributed by atoms with Crippen molar-refractivity contribution in [2.75, 3.05) is 103 Å². The molecule has 22 rings (SSSR count). The molecule has 1 saturated carbocycles. The number of carbonyl (C=O) groups excluding carboxylic acids is 1. The molecule has 0 aromatic carbocycles. The molecule has 4 atom stereocenters. The fourth-order valence-corrected chi connectivity index (χ4v) is 18.4. The minimum absolute atomic E-state index is 0.0190. The maximum absolute atomic E-state index is 12.1. The van der Waals surface area contributed by atoms with E-state index in [2.05, 4.69) is 129 Å². The van der Waals surface area contributed by atoms with E-state index in [0.29, 0.717) is 95.1 Å². The fraction of sp³-hybridized carbons (Fsp3) is 0.482. The Balaban J connectivity index is 0.000000121. The molecule has 10 aliphatic heterocycles. The van der Waals surface area contributed by atoms with Gasteiger partial charge in [0.15, 0.2) is 0 Å². The van der Waals surface area contributed by atoms with E-state index in [4.69, 9.17) is 38.4 Å². The molecule has 8 aromatic rings. The van der Waals surface area contributed by atoms with Crippen LogP contribution in [0.1, 0.15) is 130 Å². The van der Waals surface area contributed by atoms with E-state index in [9.17, 15) is 36.9 Å². The Morgan fingerprint density at radius 3 is 1.25 bits per heavy atom. The number of aromatic nitrogens is 8. The summed E-state index contributed by atoms with van der Waals surface area (Å²) in [4.78, 5) is 39.4. The second-order valence-electron chi connectivity index (χ2n) is 32.4. The lowest BCUT2D eigenvalue weighted by molar-refractivity contribution is -0.145. The number of Topliss-reactive ketones (excluding diaryl/α,β-unsaturated/α-hetero) is 1. The lowest BCUT2D eigenvalue weighted by Crippen LogP contribution is -2.68. The Kier molecular flexibility index (Phi) is 20.1. The lowest BCUT2D eigenvalue weighted by atomic mass is 9.72. The first-order chi connectivity index (χ1) is 53.8. The standard InChI is InChI=1S/2C33H33N7O2.C9H11F3O4S.C8H12O2/c2*1-41-31-5-2-22(13-36-31)16-39-27-11-28(39)19-38(18-27)30-4-3-24(14-35-30)29-10-25(17-40-32(29)26(12-34)15-37-40)23-6-8-33(9-7-23)20-42-21-33;10-9(11,12)17(13,14)16-7-1-3-8(4-2-7)5-15-6-8;9-7-1-3-8(4-2-7)5-10-6-8/h2*2-6,10,13-15,17,27-28H,7-9,11,16,18-21H2,1H3;1H,2-6H2;1-6H2. The number of hydrogen-bond donors (Lipinski definition) is 0. The van der Waals surface area contributed by atoms with Gasteiger partial charge in [0.05, 0.1) is 102 Å². The van der Waals surface area contributed by atoms with Crippen molar-refractivity contribution in [1.29, 1.82) is 10.5 Å². The molecular weight excluding hydrogens is 1440 g/mol. The van der Waals surface area contributed by atoms with Crippen molar-refractivity contribution in [3.63, 3.8) is 0 Å². The van der Waals surface area contributed by atoms with Crippen LogP contribution in [0.2, 0.25) is 0 Å². The van der Waals surface area contributed by atoms with Crippen LogP contribution >= 0.6 is 0 Å². The minimum atomic E-state index is -5.52. The summed E-state index contributed by atoms with van der Waals surface area (Å²) in [5.74, 6) is 3.62. The van der Waals surface area contributed by atoms with Crippen molar-refractivity contribution >= 4 is 49.7 Å². The molecule has 8 aromatic heterocycles. The van der Waals surface area contributed by atoms with E-state index in [1.807, 2.05) is 46.0 Å². The summed E-state index contributed by atoms with van der Waals surface area (Å²) in [7, 11) is -2.23. The predicted molar refractivity (Wildman–Crippen MR) is 406 cm³/mol. The van der Waals surface area contributed by atoms with Gasteiger partial charge in [-0.1, -0.05) is 24.3 Å². The van der Waals surface area contributed by atoms with Crippen molar-refractivity contribution in [3.05, 3.63) is 168 Å². The molecule has 14 aliphatic rings. The number of methoxy groups -OCH3 is 2. The van der Waals surface area contributed by atoms with Crippen molar-refractivity contribution in [1.82, 2.24) is 49.0 Å². The first kappa shape index (κ1) is 74.1. The number of fused-ring (bicyclic) bond motifs is 6. The summed E-state index contributed by atoms with van der Waals surface area (Å²) in [5, 5.41) is 28.7. The topological polar surface area (TPSA) is 263 Å². The number of alkyl halides is 3. The summed E-state index contributed by atoms with van der Waals surface area (Å²) in [6.45, 7) is 12.1. The smallest absolute Gasteiger partial charge is 0.481 e. The zero-order chi connectivity index (χ0) is 76.3. The molecule has 4 bridgehead atoms. The Hall–Kier alpha value is -9.65. The highest BCUT2D eigenvalue weighted by Gasteiger charge is 2.51. The largest absolute Gasteiger partial charge is 0.534 e.